The van der Waals surface area contributed by atoms with Gasteiger partial charge in [0.1, 0.15) is 15.7 Å². The van der Waals surface area contributed by atoms with Crippen molar-refractivity contribution in [2.75, 3.05) is 4.90 Å². The zero-order valence-corrected chi connectivity index (χ0v) is 15.8. The van der Waals surface area contributed by atoms with Crippen molar-refractivity contribution in [3.63, 3.8) is 0 Å². The number of thiocarbonyl (C=S) groups is 1. The first kappa shape index (κ1) is 19.2. The second-order valence-corrected chi connectivity index (χ2v) is 7.60. The fourth-order valence-electron chi connectivity index (χ4n) is 2.47. The van der Waals surface area contributed by atoms with E-state index in [1.54, 1.807) is 12.1 Å². The molecule has 1 heterocycles. The Hall–Kier alpha value is -2.59. The summed E-state index contributed by atoms with van der Waals surface area (Å²) in [6.45, 7) is 0. The molecule has 1 aliphatic heterocycles. The van der Waals surface area contributed by atoms with Gasteiger partial charge in [0, 0.05) is 5.02 Å². The Morgan fingerprint density at radius 2 is 1.70 bits per heavy atom. The monoisotopic (exact) mass is 421 g/mol. The number of amides is 2. The molecule has 10 heteroatoms. The van der Waals surface area contributed by atoms with Crippen LogP contribution in [-0.4, -0.2) is 29.9 Å². The molecule has 0 saturated carbocycles. The van der Waals surface area contributed by atoms with Gasteiger partial charge in [0.05, 0.1) is 10.6 Å². The highest BCUT2D eigenvalue weighted by Crippen LogP contribution is 2.25. The SMILES string of the molecule is O=C1NC(=S)N(c2ccc(Cl)cc2)C(=O)/C1=C/c1ccccc1S(=O)(=O)[O-]. The molecule has 0 atom stereocenters. The number of nitrogens with zero attached hydrogens (tertiary/aromatic N) is 1. The third-order valence-electron chi connectivity index (χ3n) is 3.67. The minimum absolute atomic E-state index is 0.0742. The molecular weight excluding hydrogens is 412 g/mol. The average molecular weight is 422 g/mol. The van der Waals surface area contributed by atoms with Crippen LogP contribution in [0.3, 0.4) is 0 Å². The summed E-state index contributed by atoms with van der Waals surface area (Å²) in [4.78, 5) is 25.6. The molecule has 1 aliphatic rings. The summed E-state index contributed by atoms with van der Waals surface area (Å²) in [7, 11) is -4.79. The Balaban J connectivity index is 2.09. The normalized spacial score (nSPS) is 16.6. The van der Waals surface area contributed by atoms with Crippen LogP contribution in [0.25, 0.3) is 6.08 Å². The third kappa shape index (κ3) is 3.91. The second-order valence-electron chi connectivity index (χ2n) is 5.43. The van der Waals surface area contributed by atoms with E-state index < -0.39 is 26.8 Å². The van der Waals surface area contributed by atoms with Gasteiger partial charge in [0.15, 0.2) is 5.11 Å². The molecule has 0 bridgehead atoms. The lowest BCUT2D eigenvalue weighted by molar-refractivity contribution is -0.122. The number of rotatable bonds is 3. The van der Waals surface area contributed by atoms with Crippen molar-refractivity contribution < 1.29 is 22.6 Å². The van der Waals surface area contributed by atoms with Crippen molar-refractivity contribution in [3.05, 3.63) is 64.7 Å². The number of hydrogen-bond donors (Lipinski definition) is 1. The summed E-state index contributed by atoms with van der Waals surface area (Å²) in [5, 5.41) is 2.69. The summed E-state index contributed by atoms with van der Waals surface area (Å²) in [5.74, 6) is -1.56. The summed E-state index contributed by atoms with van der Waals surface area (Å²) in [5.41, 5.74) is -0.0745. The van der Waals surface area contributed by atoms with E-state index in [1.807, 2.05) is 0 Å². The molecule has 1 fully saturated rings. The van der Waals surface area contributed by atoms with Crippen LogP contribution in [0.5, 0.6) is 0 Å². The van der Waals surface area contributed by atoms with Gasteiger partial charge in [-0.05, 0) is 54.2 Å². The van der Waals surface area contributed by atoms with E-state index in [0.717, 1.165) is 17.0 Å². The predicted octanol–water partition coefficient (Wildman–Crippen LogP) is 2.08. The van der Waals surface area contributed by atoms with Crippen LogP contribution < -0.4 is 10.2 Å². The molecule has 0 spiro atoms. The smallest absolute Gasteiger partial charge is 0.270 e. The maximum absolute atomic E-state index is 12.8. The molecule has 2 amide bonds. The topological polar surface area (TPSA) is 107 Å². The minimum Gasteiger partial charge on any atom is -0.744 e. The molecule has 1 N–H and O–H groups in total. The van der Waals surface area contributed by atoms with Crippen LogP contribution in [0.15, 0.2) is 59.0 Å². The van der Waals surface area contributed by atoms with E-state index in [9.17, 15) is 22.6 Å². The van der Waals surface area contributed by atoms with Gasteiger partial charge < -0.3 is 4.55 Å². The highest BCUT2D eigenvalue weighted by atomic mass is 35.5. The molecule has 3 rings (SSSR count). The minimum atomic E-state index is -4.79. The molecule has 0 unspecified atom stereocenters. The summed E-state index contributed by atoms with van der Waals surface area (Å²) in [6.07, 6.45) is 1.05. The van der Waals surface area contributed by atoms with E-state index in [1.165, 1.54) is 30.3 Å². The van der Waals surface area contributed by atoms with Crippen LogP contribution in [0.2, 0.25) is 5.02 Å². The highest BCUT2D eigenvalue weighted by molar-refractivity contribution is 7.85. The Bertz CT molecular complexity index is 1090. The predicted molar refractivity (Wildman–Crippen MR) is 102 cm³/mol. The quantitative estimate of drug-likeness (QED) is 0.352. The molecule has 7 nitrogen and oxygen atoms in total. The van der Waals surface area contributed by atoms with Gasteiger partial charge in [-0.2, -0.15) is 0 Å². The van der Waals surface area contributed by atoms with E-state index >= 15 is 0 Å². The molecule has 0 aromatic heterocycles. The van der Waals surface area contributed by atoms with E-state index in [2.05, 4.69) is 5.32 Å². The molecule has 138 valence electrons. The molecule has 2 aromatic rings. The molecule has 2 aromatic carbocycles. The van der Waals surface area contributed by atoms with Gasteiger partial charge in [-0.3, -0.25) is 19.8 Å². The maximum Gasteiger partial charge on any atom is 0.270 e. The van der Waals surface area contributed by atoms with Gasteiger partial charge in [-0.1, -0.05) is 29.8 Å². The van der Waals surface area contributed by atoms with E-state index in [4.69, 9.17) is 23.8 Å². The Kier molecular flexibility index (Phi) is 5.11. The second kappa shape index (κ2) is 7.20. The number of halogens is 1. The number of anilines is 1. The summed E-state index contributed by atoms with van der Waals surface area (Å²) in [6, 6.07) is 11.4. The van der Waals surface area contributed by atoms with Gasteiger partial charge in [-0.25, -0.2) is 8.42 Å². The molecular formula is C17H10ClN2O5S2-. The molecule has 0 radical (unpaired) electrons. The zero-order valence-electron chi connectivity index (χ0n) is 13.4. The number of hydrogen-bond acceptors (Lipinski definition) is 6. The lowest BCUT2D eigenvalue weighted by Gasteiger charge is -2.29. The van der Waals surface area contributed by atoms with Crippen molar-refractivity contribution in [2.45, 2.75) is 4.90 Å². The number of nitrogens with one attached hydrogen (secondary N) is 1. The van der Waals surface area contributed by atoms with Gasteiger partial charge in [0.2, 0.25) is 0 Å². The first-order valence-electron chi connectivity index (χ1n) is 7.40. The Morgan fingerprint density at radius 3 is 2.33 bits per heavy atom. The number of carbonyl (C=O) groups is 2. The van der Waals surface area contributed by atoms with Gasteiger partial charge in [0.25, 0.3) is 11.8 Å². The van der Waals surface area contributed by atoms with Crippen molar-refractivity contribution in [3.8, 4) is 0 Å². The largest absolute Gasteiger partial charge is 0.744 e. The maximum atomic E-state index is 12.8. The molecule has 1 saturated heterocycles. The average Bonchev–Trinajstić information content (AvgIpc) is 2.59. The molecule has 27 heavy (non-hydrogen) atoms. The number of benzene rings is 2. The van der Waals surface area contributed by atoms with Crippen LogP contribution in [0.1, 0.15) is 5.56 Å². The van der Waals surface area contributed by atoms with Crippen LogP contribution in [0.4, 0.5) is 5.69 Å². The van der Waals surface area contributed by atoms with Gasteiger partial charge in [-0.15, -0.1) is 0 Å². The van der Waals surface area contributed by atoms with Crippen LogP contribution in [0, 0.1) is 0 Å². The first-order chi connectivity index (χ1) is 12.7. The van der Waals surface area contributed by atoms with Crippen molar-refractivity contribution in [1.29, 1.82) is 0 Å². The van der Waals surface area contributed by atoms with Crippen molar-refractivity contribution >= 4 is 62.6 Å². The van der Waals surface area contributed by atoms with Crippen LogP contribution in [-0.2, 0) is 19.7 Å². The van der Waals surface area contributed by atoms with E-state index in [0.29, 0.717) is 10.7 Å². The summed E-state index contributed by atoms with van der Waals surface area (Å²) < 4.78 is 34.2. The Labute approximate surface area is 165 Å². The lowest BCUT2D eigenvalue weighted by Crippen LogP contribution is -2.54. The number of carbonyl (C=O) groups excluding carboxylic acids is 2. The summed E-state index contributed by atoms with van der Waals surface area (Å²) >= 11 is 10.9. The van der Waals surface area contributed by atoms with Crippen molar-refractivity contribution in [1.82, 2.24) is 5.32 Å². The standard InChI is InChI=1S/C17H11ClN2O5S2/c18-11-5-7-12(8-6-11)20-16(22)13(15(21)19-17(20)26)9-10-3-1-2-4-14(10)27(23,24)25/h1-9H,(H,19,21,26)(H,23,24,25)/p-1/b13-9+. The van der Waals surface area contributed by atoms with Crippen molar-refractivity contribution in [2.24, 2.45) is 0 Å². The zero-order chi connectivity index (χ0) is 19.8. The highest BCUT2D eigenvalue weighted by Gasteiger charge is 2.34. The molecule has 0 aliphatic carbocycles. The fourth-order valence-corrected chi connectivity index (χ4v) is 3.53. The first-order valence-corrected chi connectivity index (χ1v) is 9.60. The van der Waals surface area contributed by atoms with E-state index in [-0.39, 0.29) is 16.2 Å². The van der Waals surface area contributed by atoms with Gasteiger partial charge >= 0.3 is 0 Å². The van der Waals surface area contributed by atoms with Crippen LogP contribution >= 0.6 is 23.8 Å². The Morgan fingerprint density at radius 1 is 1.07 bits per heavy atom. The third-order valence-corrected chi connectivity index (χ3v) is 5.12. The lowest BCUT2D eigenvalue weighted by atomic mass is 10.1. The fraction of sp³-hybridized carbons (Fsp3) is 0.